The second-order valence-corrected chi connectivity index (χ2v) is 9.07. The fourth-order valence-electron chi connectivity index (χ4n) is 4.93. The molecule has 2 fully saturated rings. The molecule has 0 unspecified atom stereocenters. The zero-order valence-corrected chi connectivity index (χ0v) is 17.2. The second-order valence-electron chi connectivity index (χ2n) is 9.07. The third-order valence-corrected chi connectivity index (χ3v) is 7.10. The number of hydrogen-bond acceptors (Lipinski definition) is 1. The van der Waals surface area contributed by atoms with Gasteiger partial charge in [0.05, 0.1) is 5.41 Å². The Morgan fingerprint density at radius 2 is 1.67 bits per heavy atom. The smallest absolute Gasteiger partial charge is 0.302 e. The number of hydrogen-bond donors (Lipinski definition) is 0. The van der Waals surface area contributed by atoms with Crippen molar-refractivity contribution in [3.63, 3.8) is 0 Å². The molecule has 2 aliphatic rings. The number of nitrogens with zero attached hydrogens (tertiary/aromatic N) is 1. The first kappa shape index (κ1) is 21.4. The van der Waals surface area contributed by atoms with E-state index in [1.54, 1.807) is 6.07 Å². The first-order valence-corrected chi connectivity index (χ1v) is 11.0. The normalized spacial score (nSPS) is 20.1. The Hall–Kier alpha value is -1.88. The molecule has 0 atom stereocenters. The van der Waals surface area contributed by atoms with Crippen LogP contribution in [-0.4, -0.2) is 30.7 Å². The first-order chi connectivity index (χ1) is 14.4. The molecule has 5 heteroatoms. The number of rotatable bonds is 6. The van der Waals surface area contributed by atoms with E-state index in [0.717, 1.165) is 49.9 Å². The number of aryl methyl sites for hydroxylation is 1. The third kappa shape index (κ3) is 4.56. The highest BCUT2D eigenvalue weighted by molar-refractivity contribution is 5.64. The summed E-state index contributed by atoms with van der Waals surface area (Å²) in [7, 11) is 0. The van der Waals surface area contributed by atoms with Crippen LogP contribution < -0.4 is 0 Å². The lowest BCUT2D eigenvalue weighted by Crippen LogP contribution is -2.53. The minimum atomic E-state index is -4.09. The summed E-state index contributed by atoms with van der Waals surface area (Å²) < 4.78 is 54.8. The van der Waals surface area contributed by atoms with Gasteiger partial charge in [-0.3, -0.25) is 0 Å². The van der Waals surface area contributed by atoms with Gasteiger partial charge in [0.1, 0.15) is 5.82 Å². The molecule has 2 aromatic rings. The van der Waals surface area contributed by atoms with Gasteiger partial charge < -0.3 is 4.90 Å². The Morgan fingerprint density at radius 1 is 0.967 bits per heavy atom. The molecule has 0 radical (unpaired) electrons. The predicted octanol–water partition coefficient (Wildman–Crippen LogP) is 6.87. The van der Waals surface area contributed by atoms with Crippen LogP contribution in [0.1, 0.15) is 44.1 Å². The van der Waals surface area contributed by atoms with Gasteiger partial charge in [0, 0.05) is 12.1 Å². The largest absolute Gasteiger partial charge is 0.395 e. The van der Waals surface area contributed by atoms with Crippen LogP contribution in [-0.2, 0) is 6.42 Å². The van der Waals surface area contributed by atoms with E-state index >= 15 is 0 Å². The van der Waals surface area contributed by atoms with Crippen LogP contribution in [0, 0.1) is 17.2 Å². The van der Waals surface area contributed by atoms with E-state index in [1.807, 2.05) is 47.4 Å². The summed E-state index contributed by atoms with van der Waals surface area (Å²) in [6, 6.07) is 15.0. The van der Waals surface area contributed by atoms with Gasteiger partial charge in [0.15, 0.2) is 0 Å². The van der Waals surface area contributed by atoms with Crippen LogP contribution >= 0.6 is 0 Å². The lowest BCUT2D eigenvalue weighted by molar-refractivity contribution is -0.256. The molecule has 0 aromatic heterocycles. The van der Waals surface area contributed by atoms with Gasteiger partial charge in [-0.15, -0.1) is 0 Å². The highest BCUT2D eigenvalue weighted by Crippen LogP contribution is 2.53. The van der Waals surface area contributed by atoms with Gasteiger partial charge in [0.2, 0.25) is 0 Å². The van der Waals surface area contributed by atoms with Gasteiger partial charge in [0.25, 0.3) is 0 Å². The number of alkyl halides is 3. The van der Waals surface area contributed by atoms with Gasteiger partial charge in [-0.05, 0) is 74.7 Å². The maximum atomic E-state index is 14.5. The van der Waals surface area contributed by atoms with Crippen molar-refractivity contribution in [1.29, 1.82) is 0 Å². The summed E-state index contributed by atoms with van der Waals surface area (Å²) in [6.07, 6.45) is 0.790. The Kier molecular flexibility index (Phi) is 6.19. The lowest BCUT2D eigenvalue weighted by atomic mass is 9.67. The van der Waals surface area contributed by atoms with E-state index in [2.05, 4.69) is 0 Å². The molecule has 4 rings (SSSR count). The highest BCUT2D eigenvalue weighted by atomic mass is 19.4. The molecule has 0 bridgehead atoms. The molecule has 1 aliphatic heterocycles. The maximum Gasteiger partial charge on any atom is 0.395 e. The summed E-state index contributed by atoms with van der Waals surface area (Å²) >= 11 is 0. The van der Waals surface area contributed by atoms with Crippen molar-refractivity contribution in [2.75, 3.05) is 19.6 Å². The molecule has 0 amide bonds. The third-order valence-electron chi connectivity index (χ3n) is 7.10. The van der Waals surface area contributed by atoms with Crippen LogP contribution in [0.5, 0.6) is 0 Å². The van der Waals surface area contributed by atoms with Crippen LogP contribution in [0.3, 0.4) is 0 Å². The van der Waals surface area contributed by atoms with E-state index in [4.69, 9.17) is 0 Å². The number of piperidine rings is 1. The predicted molar refractivity (Wildman–Crippen MR) is 112 cm³/mol. The molecule has 2 aromatic carbocycles. The van der Waals surface area contributed by atoms with E-state index in [1.165, 1.54) is 0 Å². The fourth-order valence-corrected chi connectivity index (χ4v) is 4.93. The summed E-state index contributed by atoms with van der Waals surface area (Å²) in [4.78, 5) is 2.01. The Morgan fingerprint density at radius 3 is 2.23 bits per heavy atom. The summed E-state index contributed by atoms with van der Waals surface area (Å²) in [5, 5.41) is 0. The minimum Gasteiger partial charge on any atom is -0.302 e. The second kappa shape index (κ2) is 8.70. The molecule has 30 heavy (non-hydrogen) atoms. The van der Waals surface area contributed by atoms with Crippen LogP contribution in [0.4, 0.5) is 17.6 Å². The van der Waals surface area contributed by atoms with Crippen molar-refractivity contribution in [3.05, 3.63) is 59.9 Å². The van der Waals surface area contributed by atoms with E-state index in [0.29, 0.717) is 17.9 Å². The Bertz CT molecular complexity index is 834. The average molecular weight is 420 g/mol. The average Bonchev–Trinajstić information content (AvgIpc) is 2.70. The van der Waals surface area contributed by atoms with Crippen molar-refractivity contribution < 1.29 is 17.6 Å². The zero-order valence-electron chi connectivity index (χ0n) is 17.2. The highest BCUT2D eigenvalue weighted by Gasteiger charge is 2.58. The van der Waals surface area contributed by atoms with E-state index in [9.17, 15) is 17.6 Å². The molecule has 1 saturated heterocycles. The van der Waals surface area contributed by atoms with Crippen LogP contribution in [0.15, 0.2) is 48.5 Å². The van der Waals surface area contributed by atoms with Gasteiger partial charge in [-0.25, -0.2) is 4.39 Å². The molecule has 1 aliphatic carbocycles. The SMILES string of the molecule is Fc1cc(CCC2CCN(CC3(C(F)(F)F)CCC3)CC2)ccc1-c1ccccc1. The standard InChI is InChI=1S/C25H29F4N/c26-23-17-20(9-10-22(23)21-5-2-1-3-6-21)8-7-19-11-15-30(16-12-19)18-24(13-4-14-24)25(27,28)29/h1-3,5-6,9-10,17,19H,4,7-8,11-16,18H2. The number of benzene rings is 2. The van der Waals surface area contributed by atoms with Crippen molar-refractivity contribution in [3.8, 4) is 11.1 Å². The Balaban J connectivity index is 1.27. The monoisotopic (exact) mass is 419 g/mol. The molecule has 0 spiro atoms. The van der Waals surface area contributed by atoms with Crippen molar-refractivity contribution in [2.45, 2.75) is 51.1 Å². The zero-order chi connectivity index (χ0) is 21.2. The van der Waals surface area contributed by atoms with Crippen LogP contribution in [0.25, 0.3) is 11.1 Å². The van der Waals surface area contributed by atoms with E-state index < -0.39 is 11.6 Å². The van der Waals surface area contributed by atoms with E-state index in [-0.39, 0.29) is 25.2 Å². The molecular formula is C25H29F4N. The van der Waals surface area contributed by atoms with Crippen LogP contribution in [0.2, 0.25) is 0 Å². The fraction of sp³-hybridized carbons (Fsp3) is 0.520. The topological polar surface area (TPSA) is 3.24 Å². The summed E-state index contributed by atoms with van der Waals surface area (Å²) in [6.45, 7) is 1.64. The minimum absolute atomic E-state index is 0.162. The molecule has 162 valence electrons. The summed E-state index contributed by atoms with van der Waals surface area (Å²) in [5.74, 6) is 0.299. The van der Waals surface area contributed by atoms with Crippen molar-refractivity contribution in [2.24, 2.45) is 11.3 Å². The quantitative estimate of drug-likeness (QED) is 0.462. The van der Waals surface area contributed by atoms with Crippen molar-refractivity contribution >= 4 is 0 Å². The number of halogens is 4. The lowest BCUT2D eigenvalue weighted by Gasteiger charge is -2.47. The summed E-state index contributed by atoms with van der Waals surface area (Å²) in [5.41, 5.74) is 1.01. The maximum absolute atomic E-state index is 14.5. The Labute approximate surface area is 176 Å². The van der Waals surface area contributed by atoms with Crippen molar-refractivity contribution in [1.82, 2.24) is 4.90 Å². The van der Waals surface area contributed by atoms with Gasteiger partial charge in [-0.1, -0.05) is 48.9 Å². The molecule has 1 heterocycles. The first-order valence-electron chi connectivity index (χ1n) is 11.0. The number of likely N-dealkylation sites (tertiary alicyclic amines) is 1. The molecular weight excluding hydrogens is 390 g/mol. The van der Waals surface area contributed by atoms with Gasteiger partial charge >= 0.3 is 6.18 Å². The van der Waals surface area contributed by atoms with Gasteiger partial charge in [-0.2, -0.15) is 13.2 Å². The molecule has 1 saturated carbocycles. The molecule has 1 nitrogen and oxygen atoms in total. The molecule has 0 N–H and O–H groups in total.